The minimum atomic E-state index is 0.0956. The normalized spacial score (nSPS) is 22.7. The van der Waals surface area contributed by atoms with E-state index < -0.39 is 0 Å². The number of carbonyl (C=O) groups excluding carboxylic acids is 2. The van der Waals surface area contributed by atoms with Gasteiger partial charge in [0.2, 0.25) is 12.7 Å². The highest BCUT2D eigenvalue weighted by atomic mass is 16.7. The molecule has 0 unspecified atom stereocenters. The summed E-state index contributed by atoms with van der Waals surface area (Å²) < 4.78 is 13.2. The average molecular weight is 537 g/mol. The molecule has 9 nitrogen and oxygen atoms in total. The number of hydrogen-bond donors (Lipinski definition) is 0. The Morgan fingerprint density at radius 1 is 1.18 bits per heavy atom. The van der Waals surface area contributed by atoms with Crippen LogP contribution in [0.1, 0.15) is 44.6 Å². The van der Waals surface area contributed by atoms with Gasteiger partial charge < -0.3 is 24.2 Å². The van der Waals surface area contributed by atoms with Crippen LogP contribution in [0.3, 0.4) is 0 Å². The van der Waals surface area contributed by atoms with E-state index in [1.807, 2.05) is 59.1 Å². The molecule has 2 fully saturated rings. The summed E-state index contributed by atoms with van der Waals surface area (Å²) in [6, 6.07) is 10.5. The van der Waals surface area contributed by atoms with Gasteiger partial charge in [0, 0.05) is 57.8 Å². The van der Waals surface area contributed by atoms with Gasteiger partial charge in [-0.3, -0.25) is 9.69 Å². The number of pyridine rings is 1. The molecule has 1 aromatic heterocycles. The highest BCUT2D eigenvalue weighted by molar-refractivity contribution is 5.94. The van der Waals surface area contributed by atoms with E-state index in [9.17, 15) is 9.59 Å². The molecule has 3 amide bonds. The number of anilines is 1. The molecule has 5 rings (SSSR count). The third kappa shape index (κ3) is 5.83. The van der Waals surface area contributed by atoms with E-state index >= 15 is 0 Å². The topological polar surface area (TPSA) is 69.4 Å². The lowest BCUT2D eigenvalue weighted by molar-refractivity contribution is -0.670. The molecule has 0 spiro atoms. The molecule has 39 heavy (non-hydrogen) atoms. The first-order valence-corrected chi connectivity index (χ1v) is 14.2. The van der Waals surface area contributed by atoms with Crippen LogP contribution in [0.25, 0.3) is 0 Å². The number of aryl methyl sites for hydroxylation is 1. The zero-order valence-corrected chi connectivity index (χ0v) is 23.7. The van der Waals surface area contributed by atoms with E-state index in [2.05, 4.69) is 30.9 Å². The van der Waals surface area contributed by atoms with Gasteiger partial charge in [-0.1, -0.05) is 26.3 Å². The molecule has 0 aliphatic carbocycles. The van der Waals surface area contributed by atoms with E-state index in [1.165, 1.54) is 5.56 Å². The number of nitrogens with zero attached hydrogens (tertiary/aromatic N) is 5. The molecular formula is C30H42N5O4+. The van der Waals surface area contributed by atoms with Gasteiger partial charge in [0.05, 0.1) is 6.54 Å². The maximum Gasteiger partial charge on any atom is 0.319 e. The molecule has 0 bridgehead atoms. The molecule has 0 saturated carbocycles. The van der Waals surface area contributed by atoms with Crippen molar-refractivity contribution in [2.75, 3.05) is 58.0 Å². The predicted octanol–water partition coefficient (Wildman–Crippen LogP) is 3.23. The maximum absolute atomic E-state index is 13.9. The van der Waals surface area contributed by atoms with Crippen molar-refractivity contribution in [2.45, 2.75) is 45.1 Å². The summed E-state index contributed by atoms with van der Waals surface area (Å²) in [4.78, 5) is 34.5. The fourth-order valence-electron chi connectivity index (χ4n) is 6.24. The Hall–Kier alpha value is -3.33. The second kappa shape index (κ2) is 11.8. The summed E-state index contributed by atoms with van der Waals surface area (Å²) in [7, 11) is 3.84. The molecule has 3 aliphatic rings. The number of likely N-dealkylation sites (N-methyl/N-ethyl adjacent to an activating group) is 1. The Kier molecular flexibility index (Phi) is 8.26. The number of amides is 3. The summed E-state index contributed by atoms with van der Waals surface area (Å²) >= 11 is 0. The smallest absolute Gasteiger partial charge is 0.319 e. The van der Waals surface area contributed by atoms with Gasteiger partial charge in [-0.05, 0) is 42.5 Å². The Morgan fingerprint density at radius 2 is 2.00 bits per heavy atom. The molecule has 2 aromatic rings. The lowest BCUT2D eigenvalue weighted by Crippen LogP contribution is -2.45. The van der Waals surface area contributed by atoms with Crippen LogP contribution in [0.5, 0.6) is 11.5 Å². The Labute approximate surface area is 231 Å². The van der Waals surface area contributed by atoms with Crippen LogP contribution in [0.2, 0.25) is 0 Å². The molecule has 2 saturated heterocycles. The van der Waals surface area contributed by atoms with Crippen molar-refractivity contribution >= 4 is 17.6 Å². The second-order valence-electron chi connectivity index (χ2n) is 11.2. The number of ether oxygens (including phenoxy) is 2. The van der Waals surface area contributed by atoms with Crippen molar-refractivity contribution in [1.29, 1.82) is 0 Å². The standard InChI is InChI=1S/C30H42N5O4/c1-5-6-13-35(24-8-7-12-31(3)18-24)29(36)20-34-19-25(23-9-10-27-28(17-23)39-21-38-27)22(2)26(34)11-14-33-16-15-32(4)30(33)37/h7-10,12,17-18,22,25-26H,5-6,11,13-16,19-21H2,1-4H3/q+1/t22-,25+,26+/m1/s1. The third-order valence-corrected chi connectivity index (χ3v) is 8.57. The van der Waals surface area contributed by atoms with Crippen molar-refractivity contribution in [1.82, 2.24) is 14.7 Å². The van der Waals surface area contributed by atoms with Crippen LogP contribution in [-0.4, -0.2) is 85.8 Å². The fourth-order valence-corrected chi connectivity index (χ4v) is 6.24. The SMILES string of the molecule is CCCCN(C(=O)CN1C[C@H](c2ccc3c(c2)OCO3)[C@@H](C)[C@@H]1CCN1CCN(C)C1=O)c1ccc[n+](C)c1. The van der Waals surface area contributed by atoms with Crippen LogP contribution in [0, 0.1) is 5.92 Å². The summed E-state index contributed by atoms with van der Waals surface area (Å²) in [6.07, 6.45) is 6.81. The molecule has 3 aliphatic heterocycles. The van der Waals surface area contributed by atoms with Crippen LogP contribution in [0.15, 0.2) is 42.7 Å². The first-order chi connectivity index (χ1) is 18.9. The number of fused-ring (bicyclic) bond motifs is 1. The van der Waals surface area contributed by atoms with Gasteiger partial charge in [-0.15, -0.1) is 0 Å². The fraction of sp³-hybridized carbons (Fsp3) is 0.567. The summed E-state index contributed by atoms with van der Waals surface area (Å²) in [5.74, 6) is 2.27. The quantitative estimate of drug-likeness (QED) is 0.436. The van der Waals surface area contributed by atoms with Crippen molar-refractivity contribution in [3.05, 3.63) is 48.3 Å². The average Bonchev–Trinajstić information content (AvgIpc) is 3.61. The van der Waals surface area contributed by atoms with Crippen LogP contribution >= 0.6 is 0 Å². The maximum atomic E-state index is 13.9. The van der Waals surface area contributed by atoms with Gasteiger partial charge in [-0.25, -0.2) is 9.36 Å². The zero-order chi connectivity index (χ0) is 27.5. The van der Waals surface area contributed by atoms with E-state index in [4.69, 9.17) is 9.47 Å². The van der Waals surface area contributed by atoms with Gasteiger partial charge in [-0.2, -0.15) is 0 Å². The van der Waals surface area contributed by atoms with Crippen molar-refractivity contribution < 1.29 is 23.6 Å². The van der Waals surface area contributed by atoms with Crippen molar-refractivity contribution in [3.63, 3.8) is 0 Å². The molecular weight excluding hydrogens is 494 g/mol. The van der Waals surface area contributed by atoms with E-state index in [-0.39, 0.29) is 30.7 Å². The predicted molar refractivity (Wildman–Crippen MR) is 149 cm³/mol. The molecule has 4 heterocycles. The number of hydrogen-bond acceptors (Lipinski definition) is 5. The molecule has 0 radical (unpaired) electrons. The van der Waals surface area contributed by atoms with Crippen LogP contribution < -0.4 is 18.9 Å². The summed E-state index contributed by atoms with van der Waals surface area (Å²) in [5.41, 5.74) is 2.14. The number of urea groups is 1. The minimum absolute atomic E-state index is 0.0956. The molecule has 0 N–H and O–H groups in total. The Balaban J connectivity index is 1.37. The highest BCUT2D eigenvalue weighted by Gasteiger charge is 2.42. The number of aromatic nitrogens is 1. The Bertz CT molecular complexity index is 1190. The lowest BCUT2D eigenvalue weighted by Gasteiger charge is -2.30. The van der Waals surface area contributed by atoms with Gasteiger partial charge >= 0.3 is 6.03 Å². The van der Waals surface area contributed by atoms with E-state index in [1.54, 1.807) is 4.90 Å². The zero-order valence-electron chi connectivity index (χ0n) is 23.7. The highest BCUT2D eigenvalue weighted by Crippen LogP contribution is 2.42. The number of rotatable bonds is 10. The van der Waals surface area contributed by atoms with Crippen LogP contribution in [-0.2, 0) is 11.8 Å². The lowest BCUT2D eigenvalue weighted by atomic mass is 9.85. The number of likely N-dealkylation sites (tertiary alicyclic amines) is 1. The molecule has 210 valence electrons. The number of benzene rings is 1. The monoisotopic (exact) mass is 536 g/mol. The first kappa shape index (κ1) is 27.2. The summed E-state index contributed by atoms with van der Waals surface area (Å²) in [6.45, 7) is 8.76. The van der Waals surface area contributed by atoms with Crippen molar-refractivity contribution in [3.8, 4) is 11.5 Å². The Morgan fingerprint density at radius 3 is 2.74 bits per heavy atom. The van der Waals surface area contributed by atoms with Gasteiger partial charge in [0.1, 0.15) is 12.7 Å². The third-order valence-electron chi connectivity index (χ3n) is 8.57. The minimum Gasteiger partial charge on any atom is -0.454 e. The molecule has 9 heteroatoms. The first-order valence-electron chi connectivity index (χ1n) is 14.2. The largest absolute Gasteiger partial charge is 0.454 e. The van der Waals surface area contributed by atoms with Crippen molar-refractivity contribution in [2.24, 2.45) is 13.0 Å². The second-order valence-corrected chi connectivity index (χ2v) is 11.2. The van der Waals surface area contributed by atoms with Gasteiger partial charge in [0.25, 0.3) is 0 Å². The van der Waals surface area contributed by atoms with E-state index in [0.29, 0.717) is 25.6 Å². The van der Waals surface area contributed by atoms with Crippen LogP contribution in [0.4, 0.5) is 10.5 Å². The number of carbonyl (C=O) groups is 2. The summed E-state index contributed by atoms with van der Waals surface area (Å²) in [5, 5.41) is 0. The van der Waals surface area contributed by atoms with Gasteiger partial charge in [0.15, 0.2) is 23.9 Å². The molecule has 1 aromatic carbocycles. The van der Waals surface area contributed by atoms with E-state index in [0.717, 1.165) is 56.1 Å². The number of unbranched alkanes of at least 4 members (excludes halogenated alkanes) is 1. The molecule has 3 atom stereocenters.